The number of aromatic nitrogens is 4. The highest BCUT2D eigenvalue weighted by Gasteiger charge is 2.16. The van der Waals surface area contributed by atoms with Crippen LogP contribution >= 0.6 is 0 Å². The molecule has 1 saturated heterocycles. The van der Waals surface area contributed by atoms with Gasteiger partial charge in [-0.3, -0.25) is 4.68 Å². The predicted octanol–water partition coefficient (Wildman–Crippen LogP) is 1.15. The Hall–Kier alpha value is -2.15. The van der Waals surface area contributed by atoms with E-state index in [0.29, 0.717) is 0 Å². The summed E-state index contributed by atoms with van der Waals surface area (Å²) in [5.41, 5.74) is 1.88. The summed E-state index contributed by atoms with van der Waals surface area (Å²) in [7, 11) is 1.90. The van der Waals surface area contributed by atoms with Gasteiger partial charge in [0.25, 0.3) is 0 Å². The molecule has 7 nitrogen and oxygen atoms in total. The summed E-state index contributed by atoms with van der Waals surface area (Å²) in [5.74, 6) is 1.59. The lowest BCUT2D eigenvalue weighted by Gasteiger charge is -2.27. The molecule has 0 unspecified atom stereocenters. The average Bonchev–Trinajstić information content (AvgIpc) is 2.95. The smallest absolute Gasteiger partial charge is 0.228 e. The Kier molecular flexibility index (Phi) is 4.01. The van der Waals surface area contributed by atoms with Crippen molar-refractivity contribution in [3.63, 3.8) is 0 Å². The highest BCUT2D eigenvalue weighted by molar-refractivity contribution is 5.63. The zero-order chi connectivity index (χ0) is 14.7. The molecule has 0 radical (unpaired) electrons. The third-order valence-electron chi connectivity index (χ3n) is 3.37. The van der Waals surface area contributed by atoms with Gasteiger partial charge in [0.15, 0.2) is 0 Å². The van der Waals surface area contributed by atoms with E-state index in [9.17, 15) is 0 Å². The number of anilines is 2. The van der Waals surface area contributed by atoms with E-state index in [1.165, 1.54) is 0 Å². The van der Waals surface area contributed by atoms with Gasteiger partial charge in [-0.2, -0.15) is 10.1 Å². The third-order valence-corrected chi connectivity index (χ3v) is 3.37. The molecule has 1 fully saturated rings. The summed E-state index contributed by atoms with van der Waals surface area (Å²) < 4.78 is 7.17. The quantitative estimate of drug-likeness (QED) is 0.910. The first-order valence-electron chi connectivity index (χ1n) is 7.21. The number of nitrogens with one attached hydrogen (secondary N) is 1. The fourth-order valence-electron chi connectivity index (χ4n) is 2.31. The number of aryl methyl sites for hydroxylation is 1. The largest absolute Gasteiger partial charge is 0.378 e. The monoisotopic (exact) mass is 288 g/mol. The second-order valence-corrected chi connectivity index (χ2v) is 4.97. The van der Waals surface area contributed by atoms with Crippen molar-refractivity contribution >= 4 is 11.8 Å². The van der Waals surface area contributed by atoms with Crippen molar-refractivity contribution in [2.45, 2.75) is 6.92 Å². The van der Waals surface area contributed by atoms with Crippen molar-refractivity contribution in [1.82, 2.24) is 19.7 Å². The summed E-state index contributed by atoms with van der Waals surface area (Å²) in [6, 6.07) is 1.96. The van der Waals surface area contributed by atoms with Crippen LogP contribution in [0.2, 0.25) is 0 Å². The zero-order valence-corrected chi connectivity index (χ0v) is 12.4. The molecular weight excluding hydrogens is 268 g/mol. The first-order chi connectivity index (χ1) is 10.3. The standard InChI is InChI=1S/C14H20N6O/c1-3-15-13-8-12(11-9-16-19(2)10-11)17-14(18-13)20-4-6-21-7-5-20/h8-10H,3-7H2,1-2H3,(H,15,17,18). The predicted molar refractivity (Wildman–Crippen MR) is 81.4 cm³/mol. The Morgan fingerprint density at radius 2 is 2.10 bits per heavy atom. The molecule has 7 heteroatoms. The maximum Gasteiger partial charge on any atom is 0.228 e. The van der Waals surface area contributed by atoms with Gasteiger partial charge < -0.3 is 15.0 Å². The van der Waals surface area contributed by atoms with Gasteiger partial charge in [-0.05, 0) is 6.92 Å². The van der Waals surface area contributed by atoms with Crippen LogP contribution in [0.3, 0.4) is 0 Å². The maximum atomic E-state index is 5.39. The van der Waals surface area contributed by atoms with Gasteiger partial charge in [0.1, 0.15) is 5.82 Å². The number of rotatable bonds is 4. The SMILES string of the molecule is CCNc1cc(-c2cnn(C)c2)nc(N2CCOCC2)n1. The van der Waals surface area contributed by atoms with Crippen molar-refractivity contribution in [3.8, 4) is 11.3 Å². The number of morpholine rings is 1. The highest BCUT2D eigenvalue weighted by Crippen LogP contribution is 2.23. The maximum absolute atomic E-state index is 5.39. The summed E-state index contributed by atoms with van der Waals surface area (Å²) in [5, 5.41) is 7.48. The van der Waals surface area contributed by atoms with Crippen molar-refractivity contribution < 1.29 is 4.74 Å². The minimum atomic E-state index is 0.719. The number of hydrogen-bond donors (Lipinski definition) is 1. The lowest BCUT2D eigenvalue weighted by molar-refractivity contribution is 0.122. The summed E-state index contributed by atoms with van der Waals surface area (Å²) in [6.07, 6.45) is 3.78. The molecule has 3 rings (SSSR count). The van der Waals surface area contributed by atoms with Gasteiger partial charge in [-0.1, -0.05) is 0 Å². The second kappa shape index (κ2) is 6.09. The van der Waals surface area contributed by atoms with E-state index in [1.807, 2.05) is 25.5 Å². The van der Waals surface area contributed by atoms with Crippen LogP contribution in [0, 0.1) is 0 Å². The molecule has 0 atom stereocenters. The van der Waals surface area contributed by atoms with Crippen LogP contribution in [0.1, 0.15) is 6.92 Å². The van der Waals surface area contributed by atoms with E-state index in [0.717, 1.165) is 55.9 Å². The Morgan fingerprint density at radius 3 is 2.76 bits per heavy atom. The van der Waals surface area contributed by atoms with Gasteiger partial charge in [-0.25, -0.2) is 4.98 Å². The first-order valence-corrected chi connectivity index (χ1v) is 7.21. The van der Waals surface area contributed by atoms with E-state index in [1.54, 1.807) is 4.68 Å². The number of ether oxygens (including phenoxy) is 1. The molecule has 1 aliphatic heterocycles. The van der Waals surface area contributed by atoms with Gasteiger partial charge in [-0.15, -0.1) is 0 Å². The molecule has 0 bridgehead atoms. The van der Waals surface area contributed by atoms with Gasteiger partial charge in [0, 0.05) is 44.5 Å². The Bertz CT molecular complexity index is 605. The van der Waals surface area contributed by atoms with Crippen LogP contribution in [0.5, 0.6) is 0 Å². The van der Waals surface area contributed by atoms with Crippen molar-refractivity contribution in [1.29, 1.82) is 0 Å². The zero-order valence-electron chi connectivity index (χ0n) is 12.4. The van der Waals surface area contributed by atoms with E-state index in [2.05, 4.69) is 32.2 Å². The highest BCUT2D eigenvalue weighted by atomic mass is 16.5. The van der Waals surface area contributed by atoms with Crippen LogP contribution in [0.15, 0.2) is 18.5 Å². The molecule has 0 aromatic carbocycles. The fraction of sp³-hybridized carbons (Fsp3) is 0.500. The lowest BCUT2D eigenvalue weighted by Crippen LogP contribution is -2.37. The number of nitrogens with zero attached hydrogens (tertiary/aromatic N) is 5. The Labute approximate surface area is 124 Å². The minimum absolute atomic E-state index is 0.719. The van der Waals surface area contributed by atoms with E-state index < -0.39 is 0 Å². The van der Waals surface area contributed by atoms with Crippen LogP contribution in [-0.4, -0.2) is 52.6 Å². The normalized spacial score (nSPS) is 15.2. The molecule has 0 aliphatic carbocycles. The van der Waals surface area contributed by atoms with Crippen molar-refractivity contribution in [3.05, 3.63) is 18.5 Å². The average molecular weight is 288 g/mol. The van der Waals surface area contributed by atoms with Gasteiger partial charge >= 0.3 is 0 Å². The molecule has 0 amide bonds. The molecule has 2 aromatic heterocycles. The van der Waals surface area contributed by atoms with Crippen molar-refractivity contribution in [2.24, 2.45) is 7.05 Å². The van der Waals surface area contributed by atoms with Crippen LogP contribution < -0.4 is 10.2 Å². The second-order valence-electron chi connectivity index (χ2n) is 4.97. The van der Waals surface area contributed by atoms with Gasteiger partial charge in [0.2, 0.25) is 5.95 Å². The molecule has 112 valence electrons. The summed E-state index contributed by atoms with van der Waals surface area (Å²) >= 11 is 0. The first kappa shape index (κ1) is 13.8. The molecule has 1 aliphatic rings. The molecule has 1 N–H and O–H groups in total. The van der Waals surface area contributed by atoms with Crippen LogP contribution in [-0.2, 0) is 11.8 Å². The van der Waals surface area contributed by atoms with Crippen molar-refractivity contribution in [2.75, 3.05) is 43.1 Å². The topological polar surface area (TPSA) is 68.1 Å². The van der Waals surface area contributed by atoms with Crippen LogP contribution in [0.25, 0.3) is 11.3 Å². The minimum Gasteiger partial charge on any atom is -0.378 e. The van der Waals surface area contributed by atoms with E-state index in [4.69, 9.17) is 4.74 Å². The fourth-order valence-corrected chi connectivity index (χ4v) is 2.31. The van der Waals surface area contributed by atoms with E-state index in [-0.39, 0.29) is 0 Å². The third kappa shape index (κ3) is 3.13. The molecular formula is C14H20N6O. The number of hydrogen-bond acceptors (Lipinski definition) is 6. The molecule has 0 saturated carbocycles. The molecule has 3 heterocycles. The van der Waals surface area contributed by atoms with E-state index >= 15 is 0 Å². The molecule has 21 heavy (non-hydrogen) atoms. The summed E-state index contributed by atoms with van der Waals surface area (Å²) in [6.45, 7) is 5.96. The molecule has 2 aromatic rings. The Morgan fingerprint density at radius 1 is 1.29 bits per heavy atom. The van der Waals surface area contributed by atoms with Gasteiger partial charge in [0.05, 0.1) is 25.1 Å². The summed E-state index contributed by atoms with van der Waals surface area (Å²) in [4.78, 5) is 11.4. The molecule has 0 spiro atoms. The van der Waals surface area contributed by atoms with Crippen LogP contribution in [0.4, 0.5) is 11.8 Å². The Balaban J connectivity index is 1.96. The lowest BCUT2D eigenvalue weighted by atomic mass is 10.2.